The van der Waals surface area contributed by atoms with Crippen molar-refractivity contribution in [2.24, 2.45) is 5.73 Å². The Morgan fingerprint density at radius 3 is 2.71 bits per heavy atom. The number of likely N-dealkylation sites (tertiary alicyclic amines) is 1. The van der Waals surface area contributed by atoms with Crippen molar-refractivity contribution in [1.29, 1.82) is 5.41 Å². The fraction of sp³-hybridized carbons (Fsp3) is 0.769. The molecule has 0 aromatic heterocycles. The summed E-state index contributed by atoms with van der Waals surface area (Å²) in [4.78, 5) is 32.7. The maximum Gasteiger partial charge on any atom is 1.00 e. The van der Waals surface area contributed by atoms with E-state index >= 15 is 0 Å². The van der Waals surface area contributed by atoms with E-state index in [4.69, 9.17) is 16.0 Å². The molecule has 0 aromatic carbocycles. The molecule has 3 aliphatic rings. The van der Waals surface area contributed by atoms with Gasteiger partial charge in [0.15, 0.2) is 5.96 Å². The van der Waals surface area contributed by atoms with E-state index in [9.17, 15) is 22.6 Å². The summed E-state index contributed by atoms with van der Waals surface area (Å²) in [5.41, 5.74) is 7.79. The zero-order chi connectivity index (χ0) is 19.8. The van der Waals surface area contributed by atoms with Crippen molar-refractivity contribution >= 4 is 28.3 Å². The third-order valence-electron chi connectivity index (χ3n) is 4.93. The molecule has 3 rings (SSSR count). The van der Waals surface area contributed by atoms with E-state index < -0.39 is 34.4 Å². The van der Waals surface area contributed by atoms with Crippen molar-refractivity contribution in [2.45, 2.75) is 43.8 Å². The number of hydrogen-bond donors (Lipinski definition) is 3. The van der Waals surface area contributed by atoms with Crippen LogP contribution in [0.3, 0.4) is 0 Å². The summed E-state index contributed by atoms with van der Waals surface area (Å²) in [5, 5.41) is 8.01. The van der Waals surface area contributed by atoms with Crippen LogP contribution in [0, 0.1) is 5.41 Å². The van der Waals surface area contributed by atoms with E-state index in [2.05, 4.69) is 9.76 Å². The Labute approximate surface area is 184 Å². The quantitative estimate of drug-likeness (QED) is 0.0932. The molecule has 3 heterocycles. The number of nitrogens with two attached hydrogens (primary N) is 1. The first kappa shape index (κ1) is 23.1. The Bertz CT molecular complexity index is 737. The van der Waals surface area contributed by atoms with E-state index in [1.807, 2.05) is 0 Å². The van der Waals surface area contributed by atoms with Crippen molar-refractivity contribution in [1.82, 2.24) is 20.3 Å². The van der Waals surface area contributed by atoms with E-state index in [-0.39, 0.29) is 61.1 Å². The summed E-state index contributed by atoms with van der Waals surface area (Å²) >= 11 is 0. The third kappa shape index (κ3) is 5.06. The number of amides is 3. The zero-order valence-corrected chi connectivity index (χ0v) is 18.2. The predicted molar refractivity (Wildman–Crippen MR) is 87.3 cm³/mol. The van der Waals surface area contributed by atoms with E-state index in [0.717, 1.165) is 17.7 Å². The van der Waals surface area contributed by atoms with Crippen molar-refractivity contribution in [2.75, 3.05) is 19.7 Å². The van der Waals surface area contributed by atoms with Crippen LogP contribution in [0.5, 0.6) is 0 Å². The molecule has 13 nitrogen and oxygen atoms in total. The molecule has 0 radical (unpaired) electrons. The van der Waals surface area contributed by atoms with Gasteiger partial charge in [-0.15, -0.1) is 0 Å². The molecular weight excluding hydrogens is 407 g/mol. The Hall–Kier alpha value is -1.16. The summed E-state index contributed by atoms with van der Waals surface area (Å²) in [5.74, 6) is -0.608. The molecule has 2 bridgehead atoms. The van der Waals surface area contributed by atoms with E-state index in [1.54, 1.807) is 4.90 Å². The summed E-state index contributed by atoms with van der Waals surface area (Å²) in [6.07, 6.45) is 2.22. The molecule has 28 heavy (non-hydrogen) atoms. The molecule has 3 amide bonds. The molecule has 15 heteroatoms. The minimum Gasteiger partial charge on any atom is -0.724 e. The van der Waals surface area contributed by atoms with Gasteiger partial charge in [-0.3, -0.25) is 15.0 Å². The summed E-state index contributed by atoms with van der Waals surface area (Å²) in [7, 11) is -5.08. The molecule has 3 saturated heterocycles. The Morgan fingerprint density at radius 2 is 2.07 bits per heavy atom. The monoisotopic (exact) mass is 428 g/mol. The van der Waals surface area contributed by atoms with Gasteiger partial charge in [-0.2, -0.15) is 9.35 Å². The van der Waals surface area contributed by atoms with Crippen molar-refractivity contribution in [3.8, 4) is 0 Å². The van der Waals surface area contributed by atoms with Crippen LogP contribution in [0.4, 0.5) is 4.79 Å². The number of piperidine rings is 1. The van der Waals surface area contributed by atoms with Crippen LogP contribution < -0.4 is 40.8 Å². The second-order valence-electron chi connectivity index (χ2n) is 6.64. The summed E-state index contributed by atoms with van der Waals surface area (Å²) in [6, 6.07) is -2.42. The standard InChI is InChI=1S/C13H22N6O7S.Na/c14-12(15)17-5-1-2-9(17)7-25-16-11(20)10-4-3-8-6-18(10)13(21)19(8)26-27(22,23)24;/h8-10H,1-7H2,(H3,14,15)(H,16,20)(H,22,23,24);/q;+1/p-1/t8-,9+,10+;/m1./s1. The van der Waals surface area contributed by atoms with Crippen LogP contribution in [0.25, 0.3) is 0 Å². The van der Waals surface area contributed by atoms with Gasteiger partial charge < -0.3 is 20.1 Å². The second kappa shape index (κ2) is 9.11. The van der Waals surface area contributed by atoms with Gasteiger partial charge in [0.2, 0.25) is 10.4 Å². The molecule has 0 spiro atoms. The molecule has 3 atom stereocenters. The average molecular weight is 428 g/mol. The number of rotatable bonds is 6. The smallest absolute Gasteiger partial charge is 0.724 e. The number of hydrogen-bond acceptors (Lipinski definition) is 8. The maximum atomic E-state index is 12.4. The fourth-order valence-electron chi connectivity index (χ4n) is 3.70. The second-order valence-corrected chi connectivity index (χ2v) is 7.61. The largest absolute Gasteiger partial charge is 1.00 e. The normalized spacial score (nSPS) is 27.0. The molecule has 152 valence electrons. The van der Waals surface area contributed by atoms with Crippen LogP contribution in [0.2, 0.25) is 0 Å². The number of urea groups is 1. The SMILES string of the molecule is N=C(N)N1CCC[C@H]1CONC(=O)[C@@H]1CC[C@@H]2CN1C(=O)N2OS(=O)(=O)[O-].[Na+]. The van der Waals surface area contributed by atoms with Crippen LogP contribution in [0.15, 0.2) is 0 Å². The molecule has 0 aromatic rings. The summed E-state index contributed by atoms with van der Waals surface area (Å²) in [6.45, 7) is 0.869. The van der Waals surface area contributed by atoms with Crippen LogP contribution >= 0.6 is 0 Å². The van der Waals surface area contributed by atoms with E-state index in [0.29, 0.717) is 18.0 Å². The predicted octanol–water partition coefficient (Wildman–Crippen LogP) is -4.94. The number of carbonyl (C=O) groups is 2. The van der Waals surface area contributed by atoms with Gasteiger partial charge in [0.1, 0.15) is 6.04 Å². The molecule has 0 aliphatic carbocycles. The first-order chi connectivity index (χ1) is 12.7. The summed E-state index contributed by atoms with van der Waals surface area (Å²) < 4.78 is 36.5. The minimum absolute atomic E-state index is 0. The molecule has 0 unspecified atom stereocenters. The van der Waals surface area contributed by atoms with Crippen molar-refractivity contribution in [3.63, 3.8) is 0 Å². The average Bonchev–Trinajstić information content (AvgIpc) is 3.14. The number of guanidine groups is 1. The van der Waals surface area contributed by atoms with Crippen LogP contribution in [-0.4, -0.2) is 83.6 Å². The first-order valence-corrected chi connectivity index (χ1v) is 9.78. The number of nitrogens with one attached hydrogen (secondary N) is 2. The van der Waals surface area contributed by atoms with Gasteiger partial charge in [-0.1, -0.05) is 0 Å². The van der Waals surface area contributed by atoms with E-state index in [1.165, 1.54) is 0 Å². The number of hydroxylamine groups is 3. The topological polar surface area (TPSA) is 181 Å². The molecular formula is C13H21N6NaO7S. The van der Waals surface area contributed by atoms with Gasteiger partial charge in [0, 0.05) is 13.1 Å². The molecule has 0 saturated carbocycles. The Kier molecular flexibility index (Phi) is 7.52. The first-order valence-electron chi connectivity index (χ1n) is 8.45. The van der Waals surface area contributed by atoms with Gasteiger partial charge >= 0.3 is 35.6 Å². The van der Waals surface area contributed by atoms with Crippen molar-refractivity contribution in [3.05, 3.63) is 0 Å². The van der Waals surface area contributed by atoms with Gasteiger partial charge in [-0.25, -0.2) is 18.7 Å². The number of nitrogens with zero attached hydrogens (tertiary/aromatic N) is 3. The van der Waals surface area contributed by atoms with Crippen LogP contribution in [-0.2, 0) is 24.3 Å². The zero-order valence-electron chi connectivity index (χ0n) is 15.4. The molecule has 3 fully saturated rings. The Balaban J connectivity index is 0.00000280. The maximum absolute atomic E-state index is 12.4. The number of carbonyl (C=O) groups excluding carboxylic acids is 2. The van der Waals surface area contributed by atoms with Gasteiger partial charge in [0.05, 0.1) is 18.7 Å². The molecule has 3 aliphatic heterocycles. The van der Waals surface area contributed by atoms with Crippen LogP contribution in [0.1, 0.15) is 25.7 Å². The van der Waals surface area contributed by atoms with Gasteiger partial charge in [0.25, 0.3) is 5.91 Å². The number of fused-ring (bicyclic) bond motifs is 2. The van der Waals surface area contributed by atoms with Gasteiger partial charge in [-0.05, 0) is 25.7 Å². The van der Waals surface area contributed by atoms with Crippen molar-refractivity contribution < 1.29 is 61.2 Å². The minimum atomic E-state index is -5.08. The third-order valence-corrected chi connectivity index (χ3v) is 5.28. The molecule has 4 N–H and O–H groups in total. The fourth-order valence-corrected chi connectivity index (χ4v) is 4.09. The Morgan fingerprint density at radius 1 is 1.36 bits per heavy atom.